The van der Waals surface area contributed by atoms with Crippen LogP contribution < -0.4 is 4.72 Å². The van der Waals surface area contributed by atoms with Crippen LogP contribution in [0.15, 0.2) is 46.1 Å². The van der Waals surface area contributed by atoms with Crippen molar-refractivity contribution in [2.24, 2.45) is 0 Å². The Morgan fingerprint density at radius 1 is 1.18 bits per heavy atom. The van der Waals surface area contributed by atoms with Crippen molar-refractivity contribution in [1.82, 2.24) is 14.7 Å². The van der Waals surface area contributed by atoms with Crippen LogP contribution in [0.5, 0.6) is 0 Å². The number of nitrogens with one attached hydrogen (secondary N) is 1. The number of pyridine rings is 1. The summed E-state index contributed by atoms with van der Waals surface area (Å²) in [6.45, 7) is 0.134. The van der Waals surface area contributed by atoms with Gasteiger partial charge in [-0.1, -0.05) is 17.7 Å². The summed E-state index contributed by atoms with van der Waals surface area (Å²) >= 11 is 8.17. The summed E-state index contributed by atoms with van der Waals surface area (Å²) in [5.41, 5.74) is 1.50. The quantitative estimate of drug-likeness (QED) is 0.746. The van der Waals surface area contributed by atoms with Gasteiger partial charge in [0, 0.05) is 11.6 Å². The van der Waals surface area contributed by atoms with Gasteiger partial charge in [-0.3, -0.25) is 4.98 Å². The van der Waals surface area contributed by atoms with E-state index >= 15 is 0 Å². The van der Waals surface area contributed by atoms with Gasteiger partial charge in [-0.2, -0.15) is 0 Å². The van der Waals surface area contributed by atoms with Gasteiger partial charge in [0.15, 0.2) is 0 Å². The van der Waals surface area contributed by atoms with Crippen molar-refractivity contribution in [2.45, 2.75) is 10.8 Å². The average Bonchev–Trinajstić information content (AvgIpc) is 3.15. The van der Waals surface area contributed by atoms with Crippen LogP contribution >= 0.6 is 34.3 Å². The average molecular weight is 372 g/mol. The smallest absolute Gasteiger partial charge is 0.250 e. The standard InChI is InChI=1S/C13H10ClN3O2S3/c14-11-4-5-13(21-11)22(18,19)16-7-12-17-10(8-20-12)9-3-1-2-6-15-9/h1-6,8,16H,7H2. The molecule has 0 bridgehead atoms. The molecule has 0 aromatic carbocycles. The zero-order chi connectivity index (χ0) is 15.6. The maximum Gasteiger partial charge on any atom is 0.250 e. The van der Waals surface area contributed by atoms with Crippen molar-refractivity contribution in [3.8, 4) is 11.4 Å². The minimum atomic E-state index is -3.56. The second-order valence-electron chi connectivity index (χ2n) is 4.22. The first-order valence-electron chi connectivity index (χ1n) is 6.15. The predicted octanol–water partition coefficient (Wildman–Crippen LogP) is 3.40. The van der Waals surface area contributed by atoms with Crippen LogP contribution in [0.2, 0.25) is 4.34 Å². The Morgan fingerprint density at radius 2 is 2.05 bits per heavy atom. The molecule has 0 unspecified atom stereocenters. The van der Waals surface area contributed by atoms with E-state index in [1.165, 1.54) is 17.4 Å². The topological polar surface area (TPSA) is 72.0 Å². The lowest BCUT2D eigenvalue weighted by atomic mass is 10.3. The maximum absolute atomic E-state index is 12.1. The van der Waals surface area contributed by atoms with Crippen molar-refractivity contribution in [1.29, 1.82) is 0 Å². The Labute approximate surface area is 140 Å². The molecule has 22 heavy (non-hydrogen) atoms. The highest BCUT2D eigenvalue weighted by Crippen LogP contribution is 2.26. The van der Waals surface area contributed by atoms with Gasteiger partial charge in [0.1, 0.15) is 9.22 Å². The Hall–Kier alpha value is -1.32. The summed E-state index contributed by atoms with van der Waals surface area (Å²) in [5, 5.41) is 2.53. The van der Waals surface area contributed by atoms with Crippen LogP contribution in [-0.4, -0.2) is 18.4 Å². The van der Waals surface area contributed by atoms with Crippen molar-refractivity contribution in [3.05, 3.63) is 51.3 Å². The summed E-state index contributed by atoms with van der Waals surface area (Å²) in [6, 6.07) is 8.61. The first kappa shape index (κ1) is 15.6. The molecule has 0 aliphatic rings. The molecule has 114 valence electrons. The molecule has 0 saturated carbocycles. The van der Waals surface area contributed by atoms with E-state index < -0.39 is 10.0 Å². The molecule has 3 heterocycles. The summed E-state index contributed by atoms with van der Waals surface area (Å²) in [7, 11) is -3.56. The van der Waals surface area contributed by atoms with Gasteiger partial charge in [0.2, 0.25) is 10.0 Å². The summed E-state index contributed by atoms with van der Waals surface area (Å²) < 4.78 is 27.4. The van der Waals surface area contributed by atoms with E-state index in [0.717, 1.165) is 22.7 Å². The molecule has 0 radical (unpaired) electrons. The van der Waals surface area contributed by atoms with Gasteiger partial charge in [0.05, 0.1) is 22.3 Å². The fourth-order valence-electron chi connectivity index (χ4n) is 1.69. The fourth-order valence-corrected chi connectivity index (χ4v) is 5.03. The van der Waals surface area contributed by atoms with E-state index in [4.69, 9.17) is 11.6 Å². The van der Waals surface area contributed by atoms with E-state index in [1.807, 2.05) is 23.6 Å². The second-order valence-corrected chi connectivity index (χ2v) is 8.88. The lowest BCUT2D eigenvalue weighted by molar-refractivity contribution is 0.583. The largest absolute Gasteiger partial charge is 0.255 e. The molecule has 0 amide bonds. The van der Waals surface area contributed by atoms with Crippen LogP contribution in [-0.2, 0) is 16.6 Å². The number of sulfonamides is 1. The van der Waals surface area contributed by atoms with Crippen molar-refractivity contribution in [3.63, 3.8) is 0 Å². The molecule has 3 rings (SSSR count). The van der Waals surface area contributed by atoms with Gasteiger partial charge < -0.3 is 0 Å². The van der Waals surface area contributed by atoms with Crippen LogP contribution in [0.25, 0.3) is 11.4 Å². The zero-order valence-corrected chi connectivity index (χ0v) is 14.3. The van der Waals surface area contributed by atoms with E-state index in [-0.39, 0.29) is 10.8 Å². The molecule has 3 aromatic rings. The van der Waals surface area contributed by atoms with Gasteiger partial charge in [-0.15, -0.1) is 22.7 Å². The van der Waals surface area contributed by atoms with E-state index in [2.05, 4.69) is 14.7 Å². The highest BCUT2D eigenvalue weighted by molar-refractivity contribution is 7.91. The Bertz CT molecular complexity index is 875. The van der Waals surface area contributed by atoms with Gasteiger partial charge in [-0.05, 0) is 24.3 Å². The number of hydrogen-bond acceptors (Lipinski definition) is 6. The number of nitrogens with zero attached hydrogens (tertiary/aromatic N) is 2. The van der Waals surface area contributed by atoms with Crippen molar-refractivity contribution in [2.75, 3.05) is 0 Å². The summed E-state index contributed by atoms with van der Waals surface area (Å²) in [5.74, 6) is 0. The molecule has 0 aliphatic carbocycles. The lowest BCUT2D eigenvalue weighted by Crippen LogP contribution is -2.22. The minimum Gasteiger partial charge on any atom is -0.255 e. The summed E-state index contributed by atoms with van der Waals surface area (Å²) in [6.07, 6.45) is 1.69. The molecule has 0 atom stereocenters. The maximum atomic E-state index is 12.1. The number of aromatic nitrogens is 2. The monoisotopic (exact) mass is 371 g/mol. The number of thiophene rings is 1. The molecule has 5 nitrogen and oxygen atoms in total. The van der Waals surface area contributed by atoms with E-state index in [9.17, 15) is 8.42 Å². The minimum absolute atomic E-state index is 0.134. The molecule has 0 fully saturated rings. The Balaban J connectivity index is 1.71. The highest BCUT2D eigenvalue weighted by Gasteiger charge is 2.17. The second kappa shape index (κ2) is 6.43. The summed E-state index contributed by atoms with van der Waals surface area (Å²) in [4.78, 5) is 8.60. The van der Waals surface area contributed by atoms with Crippen LogP contribution in [0.3, 0.4) is 0 Å². The third-order valence-electron chi connectivity index (χ3n) is 2.71. The first-order chi connectivity index (χ1) is 10.5. The normalized spacial score (nSPS) is 11.7. The molecule has 0 saturated heterocycles. The molecule has 0 spiro atoms. The van der Waals surface area contributed by atoms with Gasteiger partial charge >= 0.3 is 0 Å². The zero-order valence-electron chi connectivity index (χ0n) is 11.1. The van der Waals surface area contributed by atoms with E-state index in [0.29, 0.717) is 9.34 Å². The third-order valence-corrected chi connectivity index (χ3v) is 6.68. The number of rotatable bonds is 5. The molecular weight excluding hydrogens is 362 g/mol. The van der Waals surface area contributed by atoms with E-state index in [1.54, 1.807) is 12.3 Å². The predicted molar refractivity (Wildman–Crippen MR) is 88.7 cm³/mol. The number of hydrogen-bond donors (Lipinski definition) is 1. The highest BCUT2D eigenvalue weighted by atomic mass is 35.5. The molecule has 3 aromatic heterocycles. The first-order valence-corrected chi connectivity index (χ1v) is 9.71. The van der Waals surface area contributed by atoms with Crippen molar-refractivity contribution >= 4 is 44.3 Å². The third kappa shape index (κ3) is 3.53. The molecular formula is C13H10ClN3O2S3. The van der Waals surface area contributed by atoms with Crippen LogP contribution in [0.4, 0.5) is 0 Å². The Morgan fingerprint density at radius 3 is 2.73 bits per heavy atom. The lowest BCUT2D eigenvalue weighted by Gasteiger charge is -2.01. The van der Waals surface area contributed by atoms with Gasteiger partial charge in [-0.25, -0.2) is 18.1 Å². The van der Waals surface area contributed by atoms with Gasteiger partial charge in [0.25, 0.3) is 0 Å². The van der Waals surface area contributed by atoms with Crippen LogP contribution in [0.1, 0.15) is 5.01 Å². The van der Waals surface area contributed by atoms with Crippen LogP contribution in [0, 0.1) is 0 Å². The Kier molecular flexibility index (Phi) is 4.55. The fraction of sp³-hybridized carbons (Fsp3) is 0.0769. The molecule has 0 aliphatic heterocycles. The van der Waals surface area contributed by atoms with Crippen molar-refractivity contribution < 1.29 is 8.42 Å². The number of thiazole rings is 1. The molecule has 9 heteroatoms. The molecule has 1 N–H and O–H groups in total. The number of halogens is 1. The SMILES string of the molecule is O=S(=O)(NCc1nc(-c2ccccn2)cs1)c1ccc(Cl)s1.